The molecule has 0 spiro atoms. The lowest BCUT2D eigenvalue weighted by molar-refractivity contribution is 0.567. The molecule has 0 aliphatic rings. The van der Waals surface area contributed by atoms with Gasteiger partial charge < -0.3 is 0 Å². The van der Waals surface area contributed by atoms with Crippen LogP contribution in [0.15, 0.2) is 13.8 Å². The highest BCUT2D eigenvalue weighted by Crippen LogP contribution is 2.28. The molecular formula is C12H17N3O2S2. The largest absolute Gasteiger partial charge is 0.332 e. The van der Waals surface area contributed by atoms with Gasteiger partial charge in [0.1, 0.15) is 5.39 Å². The summed E-state index contributed by atoms with van der Waals surface area (Å²) in [7, 11) is 1.67. The van der Waals surface area contributed by atoms with Gasteiger partial charge in [-0.15, -0.1) is 11.8 Å². The molecule has 0 N–H and O–H groups in total. The number of hydrogen-bond acceptors (Lipinski definition) is 5. The number of aryl methyl sites for hydroxylation is 1. The topological polar surface area (TPSA) is 56.9 Å². The fourth-order valence-corrected chi connectivity index (χ4v) is 3.83. The first-order chi connectivity index (χ1) is 9.11. The first-order valence-corrected chi connectivity index (χ1v) is 8.09. The molecule has 0 saturated heterocycles. The van der Waals surface area contributed by atoms with Gasteiger partial charge in [0.25, 0.3) is 5.56 Å². The second kappa shape index (κ2) is 5.92. The number of unbranched alkanes of at least 4 members (excludes halogenated alkanes) is 1. The monoisotopic (exact) mass is 299 g/mol. The van der Waals surface area contributed by atoms with E-state index in [4.69, 9.17) is 0 Å². The summed E-state index contributed by atoms with van der Waals surface area (Å²) in [5.74, 6) is 0.883. The van der Waals surface area contributed by atoms with Crippen molar-refractivity contribution in [1.29, 1.82) is 0 Å². The van der Waals surface area contributed by atoms with Crippen LogP contribution in [0.4, 0.5) is 0 Å². The summed E-state index contributed by atoms with van der Waals surface area (Å²) in [4.78, 5) is 24.6. The molecule has 5 nitrogen and oxygen atoms in total. The van der Waals surface area contributed by atoms with Crippen LogP contribution in [0.3, 0.4) is 0 Å². The van der Waals surface area contributed by atoms with Crippen molar-refractivity contribution in [3.05, 3.63) is 20.8 Å². The van der Waals surface area contributed by atoms with Gasteiger partial charge in [-0.2, -0.15) is 4.37 Å². The van der Waals surface area contributed by atoms with Gasteiger partial charge in [0.2, 0.25) is 0 Å². The minimum atomic E-state index is -0.274. The second-order valence-electron chi connectivity index (χ2n) is 4.25. The Kier molecular flexibility index (Phi) is 4.46. The van der Waals surface area contributed by atoms with Crippen LogP contribution >= 0.6 is 23.3 Å². The molecule has 0 aliphatic heterocycles. The third-order valence-electron chi connectivity index (χ3n) is 2.95. The first kappa shape index (κ1) is 14.3. The number of nitrogens with zero attached hydrogens (tertiary/aromatic N) is 3. The highest BCUT2D eigenvalue weighted by molar-refractivity contribution is 8.01. The van der Waals surface area contributed by atoms with Gasteiger partial charge in [-0.05, 0) is 23.7 Å². The second-order valence-corrected chi connectivity index (χ2v) is 6.56. The molecule has 7 heteroatoms. The maximum Gasteiger partial charge on any atom is 0.332 e. The van der Waals surface area contributed by atoms with E-state index in [0.29, 0.717) is 17.6 Å². The predicted molar refractivity (Wildman–Crippen MR) is 80.4 cm³/mol. The van der Waals surface area contributed by atoms with Gasteiger partial charge in [-0.1, -0.05) is 20.3 Å². The Labute approximate surface area is 119 Å². The van der Waals surface area contributed by atoms with Crippen molar-refractivity contribution in [3.63, 3.8) is 0 Å². The lowest BCUT2D eigenvalue weighted by Gasteiger charge is -2.07. The van der Waals surface area contributed by atoms with Gasteiger partial charge in [0, 0.05) is 13.6 Å². The molecule has 19 heavy (non-hydrogen) atoms. The van der Waals surface area contributed by atoms with Crippen LogP contribution in [0.25, 0.3) is 11.0 Å². The van der Waals surface area contributed by atoms with Crippen LogP contribution in [0, 0.1) is 0 Å². The Bertz CT molecular complexity index is 699. The average molecular weight is 299 g/mol. The lowest BCUT2D eigenvalue weighted by atomic mass is 10.3. The SMILES string of the molecule is CCCCn1c(=O)c2c(SCC)snc2n(C)c1=O. The Hall–Kier alpha value is -1.08. The first-order valence-electron chi connectivity index (χ1n) is 6.33. The molecule has 2 aromatic rings. The normalized spacial score (nSPS) is 11.3. The van der Waals surface area contributed by atoms with E-state index in [1.54, 1.807) is 18.8 Å². The number of aromatic nitrogens is 3. The standard InChI is InChI=1S/C12H17N3O2S2/c1-4-6-7-15-10(16)8-9(14(3)12(15)17)13-19-11(8)18-5-2/h4-7H2,1-3H3. The van der Waals surface area contributed by atoms with Crippen molar-refractivity contribution in [2.24, 2.45) is 7.05 Å². The lowest BCUT2D eigenvalue weighted by Crippen LogP contribution is -2.39. The van der Waals surface area contributed by atoms with Crippen LogP contribution in [0.5, 0.6) is 0 Å². The maximum absolute atomic E-state index is 12.5. The minimum Gasteiger partial charge on any atom is -0.280 e. The van der Waals surface area contributed by atoms with Crippen molar-refractivity contribution in [3.8, 4) is 0 Å². The molecule has 104 valence electrons. The summed E-state index contributed by atoms with van der Waals surface area (Å²) in [5.41, 5.74) is 0.0317. The van der Waals surface area contributed by atoms with E-state index in [2.05, 4.69) is 4.37 Å². The quantitative estimate of drug-likeness (QED) is 0.793. The van der Waals surface area contributed by atoms with Crippen molar-refractivity contribution in [1.82, 2.24) is 13.5 Å². The van der Waals surface area contributed by atoms with Crippen molar-refractivity contribution < 1.29 is 0 Å². The summed E-state index contributed by atoms with van der Waals surface area (Å²) < 4.78 is 7.96. The highest BCUT2D eigenvalue weighted by atomic mass is 32.2. The van der Waals surface area contributed by atoms with E-state index < -0.39 is 0 Å². The zero-order chi connectivity index (χ0) is 14.0. The zero-order valence-electron chi connectivity index (χ0n) is 11.3. The third-order valence-corrected chi connectivity index (χ3v) is 4.91. The maximum atomic E-state index is 12.5. The molecule has 0 amide bonds. The molecule has 0 aromatic carbocycles. The summed E-state index contributed by atoms with van der Waals surface area (Å²) in [6.07, 6.45) is 1.78. The molecule has 0 saturated carbocycles. The van der Waals surface area contributed by atoms with Crippen LogP contribution < -0.4 is 11.2 Å². The smallest absolute Gasteiger partial charge is 0.280 e. The predicted octanol–water partition coefficient (Wildman–Crippen LogP) is 2.07. The van der Waals surface area contributed by atoms with Crippen LogP contribution in [-0.4, -0.2) is 19.3 Å². The Balaban J connectivity index is 2.73. The number of rotatable bonds is 5. The van der Waals surface area contributed by atoms with Gasteiger partial charge in [0.15, 0.2) is 5.65 Å². The van der Waals surface area contributed by atoms with Gasteiger partial charge in [-0.25, -0.2) is 4.79 Å². The summed E-state index contributed by atoms with van der Waals surface area (Å²) >= 11 is 2.90. The van der Waals surface area contributed by atoms with Gasteiger partial charge in [0.05, 0.1) is 4.21 Å². The Morgan fingerprint density at radius 1 is 1.32 bits per heavy atom. The molecule has 0 bridgehead atoms. The fourth-order valence-electron chi connectivity index (χ4n) is 1.92. The van der Waals surface area contributed by atoms with Crippen molar-refractivity contribution in [2.75, 3.05) is 5.75 Å². The molecule has 0 fully saturated rings. The fraction of sp³-hybridized carbons (Fsp3) is 0.583. The minimum absolute atomic E-state index is 0.198. The summed E-state index contributed by atoms with van der Waals surface area (Å²) in [5, 5.41) is 0.593. The highest BCUT2D eigenvalue weighted by Gasteiger charge is 2.17. The van der Waals surface area contributed by atoms with E-state index in [0.717, 1.165) is 22.8 Å². The molecule has 0 aliphatic carbocycles. The number of fused-ring (bicyclic) bond motifs is 1. The van der Waals surface area contributed by atoms with Crippen LogP contribution in [-0.2, 0) is 13.6 Å². The third kappa shape index (κ3) is 2.49. The molecule has 0 radical (unpaired) electrons. The molecule has 2 heterocycles. The van der Waals surface area contributed by atoms with Crippen LogP contribution in [0.1, 0.15) is 26.7 Å². The summed E-state index contributed by atoms with van der Waals surface area (Å²) in [6.45, 7) is 4.55. The Morgan fingerprint density at radius 2 is 2.05 bits per heavy atom. The molecular weight excluding hydrogens is 282 g/mol. The number of thioether (sulfide) groups is 1. The summed E-state index contributed by atoms with van der Waals surface area (Å²) in [6, 6.07) is 0. The van der Waals surface area contributed by atoms with Crippen LogP contribution in [0.2, 0.25) is 0 Å². The molecule has 2 aromatic heterocycles. The van der Waals surface area contributed by atoms with Gasteiger partial charge >= 0.3 is 5.69 Å². The van der Waals surface area contributed by atoms with Gasteiger partial charge in [-0.3, -0.25) is 13.9 Å². The van der Waals surface area contributed by atoms with E-state index in [1.807, 2.05) is 13.8 Å². The molecule has 2 rings (SSSR count). The average Bonchev–Trinajstić information content (AvgIpc) is 2.81. The molecule has 0 atom stereocenters. The van der Waals surface area contributed by atoms with Crippen molar-refractivity contribution >= 4 is 34.3 Å². The van der Waals surface area contributed by atoms with E-state index in [1.165, 1.54) is 20.7 Å². The van der Waals surface area contributed by atoms with E-state index in [9.17, 15) is 9.59 Å². The van der Waals surface area contributed by atoms with E-state index >= 15 is 0 Å². The Morgan fingerprint density at radius 3 is 2.68 bits per heavy atom. The van der Waals surface area contributed by atoms with Crippen molar-refractivity contribution in [2.45, 2.75) is 37.4 Å². The zero-order valence-corrected chi connectivity index (χ0v) is 12.9. The number of hydrogen-bond donors (Lipinski definition) is 0. The van der Waals surface area contributed by atoms with E-state index in [-0.39, 0.29) is 11.2 Å². The molecule has 0 unspecified atom stereocenters.